The summed E-state index contributed by atoms with van der Waals surface area (Å²) in [5.41, 5.74) is -2.33. The molecule has 9 heteroatoms. The summed E-state index contributed by atoms with van der Waals surface area (Å²) in [7, 11) is 0. The Labute approximate surface area is 140 Å². The molecule has 2 N–H and O–H groups in total. The van der Waals surface area contributed by atoms with E-state index in [9.17, 15) is 18.0 Å². The molecule has 0 bridgehead atoms. The molecule has 0 unspecified atom stereocenters. The molecule has 1 aromatic heterocycles. The summed E-state index contributed by atoms with van der Waals surface area (Å²) in [4.78, 5) is 12.0. The number of hydrogen-bond donors (Lipinski definition) is 2. The predicted octanol–water partition coefficient (Wildman–Crippen LogP) is 2.81. The third-order valence-corrected chi connectivity index (χ3v) is 2.93. The highest BCUT2D eigenvalue weighted by molar-refractivity contribution is 5.95. The number of hydrogen-bond acceptors (Lipinski definition) is 3. The van der Waals surface area contributed by atoms with Crippen LogP contribution in [0.2, 0.25) is 0 Å². The van der Waals surface area contributed by atoms with Gasteiger partial charge in [0.15, 0.2) is 5.69 Å². The van der Waals surface area contributed by atoms with Crippen molar-refractivity contribution in [2.75, 3.05) is 19.6 Å². The molecule has 0 atom stereocenters. The highest BCUT2D eigenvalue weighted by atomic mass is 35.5. The maximum atomic E-state index is 13.3. The second-order valence-corrected chi connectivity index (χ2v) is 5.99. The summed E-state index contributed by atoms with van der Waals surface area (Å²) in [5.74, 6) is -0.763. The third-order valence-electron chi connectivity index (χ3n) is 2.93. The minimum absolute atomic E-state index is 0. The predicted molar refractivity (Wildman–Crippen MR) is 85.0 cm³/mol. The van der Waals surface area contributed by atoms with E-state index in [4.69, 9.17) is 0 Å². The smallest absolute Gasteiger partial charge is 0.351 e. The molecule has 1 aromatic rings. The summed E-state index contributed by atoms with van der Waals surface area (Å²) in [6.07, 6.45) is -2.72. The zero-order valence-electron chi connectivity index (χ0n) is 13.8. The Morgan fingerprint density at radius 3 is 2.30 bits per heavy atom. The van der Waals surface area contributed by atoms with Gasteiger partial charge in [-0.1, -0.05) is 6.92 Å². The molecule has 0 fully saturated rings. The molecular formula is C14H24ClF3N4O. The second kappa shape index (κ2) is 8.54. The Morgan fingerprint density at radius 2 is 1.83 bits per heavy atom. The Balaban J connectivity index is 0.00000484. The monoisotopic (exact) mass is 356 g/mol. The van der Waals surface area contributed by atoms with E-state index in [1.165, 1.54) is 0 Å². The average molecular weight is 357 g/mol. The van der Waals surface area contributed by atoms with Crippen LogP contribution in [-0.2, 0) is 11.7 Å². The summed E-state index contributed by atoms with van der Waals surface area (Å²) in [6.45, 7) is 8.38. The van der Waals surface area contributed by atoms with Crippen molar-refractivity contribution in [3.8, 4) is 0 Å². The SMILES string of the molecule is CCCNCCNC(=O)c1cnn(C(C)(C)C)c1C(F)(F)F.Cl. The van der Waals surface area contributed by atoms with Gasteiger partial charge in [0, 0.05) is 13.1 Å². The summed E-state index contributed by atoms with van der Waals surface area (Å²) >= 11 is 0. The van der Waals surface area contributed by atoms with E-state index in [0.717, 1.165) is 23.8 Å². The van der Waals surface area contributed by atoms with E-state index in [1.54, 1.807) is 20.8 Å². The van der Waals surface area contributed by atoms with Crippen molar-refractivity contribution in [1.29, 1.82) is 0 Å². The van der Waals surface area contributed by atoms with Crippen molar-refractivity contribution in [2.24, 2.45) is 0 Å². The van der Waals surface area contributed by atoms with Gasteiger partial charge in [0.2, 0.25) is 0 Å². The van der Waals surface area contributed by atoms with Gasteiger partial charge in [-0.3, -0.25) is 9.48 Å². The van der Waals surface area contributed by atoms with Crippen LogP contribution in [0.15, 0.2) is 6.20 Å². The maximum Gasteiger partial charge on any atom is 0.433 e. The molecule has 0 aromatic carbocycles. The Bertz CT molecular complexity index is 509. The van der Waals surface area contributed by atoms with Crippen LogP contribution in [0.5, 0.6) is 0 Å². The fourth-order valence-corrected chi connectivity index (χ4v) is 1.96. The molecule has 0 spiro atoms. The molecular weight excluding hydrogens is 333 g/mol. The lowest BCUT2D eigenvalue weighted by Gasteiger charge is -2.23. The number of nitrogens with zero attached hydrogens (tertiary/aromatic N) is 2. The number of carbonyl (C=O) groups is 1. The molecule has 134 valence electrons. The molecule has 0 aliphatic carbocycles. The van der Waals surface area contributed by atoms with Crippen LogP contribution in [0.25, 0.3) is 0 Å². The van der Waals surface area contributed by atoms with Crippen LogP contribution >= 0.6 is 12.4 Å². The van der Waals surface area contributed by atoms with Gasteiger partial charge in [-0.25, -0.2) is 0 Å². The number of alkyl halides is 3. The molecule has 23 heavy (non-hydrogen) atoms. The van der Waals surface area contributed by atoms with Crippen LogP contribution in [0, 0.1) is 0 Å². The first-order valence-electron chi connectivity index (χ1n) is 7.23. The maximum absolute atomic E-state index is 13.3. The molecule has 0 saturated heterocycles. The number of nitrogens with one attached hydrogen (secondary N) is 2. The third kappa shape index (κ3) is 6.02. The Kier molecular flexibility index (Phi) is 8.06. The number of halogens is 4. The topological polar surface area (TPSA) is 58.9 Å². The van der Waals surface area contributed by atoms with Crippen molar-refractivity contribution in [3.63, 3.8) is 0 Å². The Morgan fingerprint density at radius 1 is 1.22 bits per heavy atom. The van der Waals surface area contributed by atoms with Crippen molar-refractivity contribution in [1.82, 2.24) is 20.4 Å². The van der Waals surface area contributed by atoms with Gasteiger partial charge < -0.3 is 10.6 Å². The minimum atomic E-state index is -4.64. The van der Waals surface area contributed by atoms with E-state index in [0.29, 0.717) is 6.54 Å². The van der Waals surface area contributed by atoms with Crippen LogP contribution in [0.1, 0.15) is 50.2 Å². The van der Waals surface area contributed by atoms with Gasteiger partial charge in [-0.05, 0) is 33.7 Å². The Hall–Kier alpha value is -1.28. The summed E-state index contributed by atoms with van der Waals surface area (Å²) < 4.78 is 40.6. The van der Waals surface area contributed by atoms with Gasteiger partial charge in [0.25, 0.3) is 5.91 Å². The molecule has 0 saturated carbocycles. The normalized spacial score (nSPS) is 12.0. The quantitative estimate of drug-likeness (QED) is 0.770. The van der Waals surface area contributed by atoms with Crippen molar-refractivity contribution in [2.45, 2.75) is 45.8 Å². The molecule has 0 radical (unpaired) electrons. The summed E-state index contributed by atoms with van der Waals surface area (Å²) in [6, 6.07) is 0. The standard InChI is InChI=1S/C14H23F3N4O.ClH/c1-5-6-18-7-8-19-12(22)10-9-20-21(13(2,3)4)11(10)14(15,16)17;/h9,18H,5-8H2,1-4H3,(H,19,22);1H. The highest BCUT2D eigenvalue weighted by Gasteiger charge is 2.42. The van der Waals surface area contributed by atoms with Crippen LogP contribution in [0.3, 0.4) is 0 Å². The van der Waals surface area contributed by atoms with Crippen molar-refractivity contribution >= 4 is 18.3 Å². The van der Waals surface area contributed by atoms with Crippen molar-refractivity contribution in [3.05, 3.63) is 17.5 Å². The number of amides is 1. The molecule has 1 amide bonds. The van der Waals surface area contributed by atoms with E-state index < -0.39 is 28.9 Å². The molecule has 5 nitrogen and oxygen atoms in total. The molecule has 1 rings (SSSR count). The fourth-order valence-electron chi connectivity index (χ4n) is 1.96. The van der Waals surface area contributed by atoms with E-state index in [1.807, 2.05) is 6.92 Å². The van der Waals surface area contributed by atoms with Gasteiger partial charge >= 0.3 is 6.18 Å². The lowest BCUT2D eigenvalue weighted by molar-refractivity contribution is -0.146. The summed E-state index contributed by atoms with van der Waals surface area (Å²) in [5, 5.41) is 9.29. The van der Waals surface area contributed by atoms with Crippen molar-refractivity contribution < 1.29 is 18.0 Å². The molecule has 0 aliphatic rings. The van der Waals surface area contributed by atoms with E-state index in [2.05, 4.69) is 15.7 Å². The van der Waals surface area contributed by atoms with Crippen LogP contribution in [0.4, 0.5) is 13.2 Å². The van der Waals surface area contributed by atoms with Gasteiger partial charge in [0.1, 0.15) is 0 Å². The number of aromatic nitrogens is 2. The average Bonchev–Trinajstić information content (AvgIpc) is 2.82. The van der Waals surface area contributed by atoms with Gasteiger partial charge in [0.05, 0.1) is 17.3 Å². The largest absolute Gasteiger partial charge is 0.433 e. The van der Waals surface area contributed by atoms with E-state index >= 15 is 0 Å². The highest BCUT2D eigenvalue weighted by Crippen LogP contribution is 2.34. The first-order chi connectivity index (χ1) is 10.1. The lowest BCUT2D eigenvalue weighted by atomic mass is 10.1. The zero-order chi connectivity index (χ0) is 17.0. The van der Waals surface area contributed by atoms with E-state index in [-0.39, 0.29) is 19.0 Å². The van der Waals surface area contributed by atoms with Crippen LogP contribution in [-0.4, -0.2) is 35.3 Å². The first-order valence-corrected chi connectivity index (χ1v) is 7.23. The zero-order valence-corrected chi connectivity index (χ0v) is 14.6. The van der Waals surface area contributed by atoms with Crippen LogP contribution < -0.4 is 10.6 Å². The fraction of sp³-hybridized carbons (Fsp3) is 0.714. The molecule has 1 heterocycles. The number of rotatable bonds is 6. The van der Waals surface area contributed by atoms with Gasteiger partial charge in [-0.15, -0.1) is 12.4 Å². The number of carbonyl (C=O) groups excluding carboxylic acids is 1. The second-order valence-electron chi connectivity index (χ2n) is 5.99. The molecule has 0 aliphatic heterocycles. The minimum Gasteiger partial charge on any atom is -0.351 e. The lowest BCUT2D eigenvalue weighted by Crippen LogP contribution is -2.34. The first kappa shape index (κ1) is 21.7. The van der Waals surface area contributed by atoms with Gasteiger partial charge in [-0.2, -0.15) is 18.3 Å².